The Morgan fingerprint density at radius 1 is 0.776 bits per heavy atom. The molecule has 6 rings (SSSR count). The van der Waals surface area contributed by atoms with E-state index in [1.165, 1.54) is 0 Å². The van der Waals surface area contributed by atoms with Gasteiger partial charge in [0.25, 0.3) is 5.52 Å². The van der Waals surface area contributed by atoms with Gasteiger partial charge in [0.05, 0.1) is 32.0 Å². The minimum Gasteiger partial charge on any atom is -0.748 e. The van der Waals surface area contributed by atoms with Gasteiger partial charge in [-0.15, -0.1) is 0 Å². The van der Waals surface area contributed by atoms with Crippen LogP contribution in [0.15, 0.2) is 119 Å². The summed E-state index contributed by atoms with van der Waals surface area (Å²) in [5, 5.41) is 0. The highest BCUT2D eigenvalue weighted by atomic mass is 32.2. The van der Waals surface area contributed by atoms with Crippen LogP contribution in [0.3, 0.4) is 0 Å². The third-order valence-electron chi connectivity index (χ3n) is 8.25. The molecule has 0 amide bonds. The number of ether oxygens (including phenoxy) is 1. The van der Waals surface area contributed by atoms with Crippen LogP contribution in [0.2, 0.25) is 0 Å². The number of oxazole rings is 1. The van der Waals surface area contributed by atoms with Gasteiger partial charge in [-0.3, -0.25) is 0 Å². The predicted octanol–water partition coefficient (Wildman–Crippen LogP) is 6.46. The van der Waals surface area contributed by atoms with Gasteiger partial charge in [0, 0.05) is 36.6 Å². The Morgan fingerprint density at radius 3 is 2.02 bits per heavy atom. The lowest BCUT2D eigenvalue weighted by Crippen LogP contribution is -2.36. The van der Waals surface area contributed by atoms with Crippen LogP contribution in [0.4, 0.5) is 5.69 Å². The normalized spacial score (nSPS) is 14.4. The Morgan fingerprint density at radius 2 is 1.39 bits per heavy atom. The van der Waals surface area contributed by atoms with Gasteiger partial charge < -0.3 is 23.2 Å². The fourth-order valence-corrected chi connectivity index (χ4v) is 6.83. The van der Waals surface area contributed by atoms with Gasteiger partial charge in [-0.05, 0) is 58.9 Å². The molecule has 5 aromatic rings. The van der Waals surface area contributed by atoms with Gasteiger partial charge in [-0.2, -0.15) is 4.57 Å². The average molecular weight is 700 g/mol. The van der Waals surface area contributed by atoms with E-state index in [9.17, 15) is 25.9 Å². The first-order chi connectivity index (χ1) is 23.5. The molecular weight excluding hydrogens is 665 g/mol. The van der Waals surface area contributed by atoms with Crippen LogP contribution in [0.5, 0.6) is 5.75 Å². The Balaban J connectivity index is 1.39. The van der Waals surface area contributed by atoms with Crippen molar-refractivity contribution >= 4 is 43.1 Å². The molecule has 0 unspecified atom stereocenters. The highest BCUT2D eigenvalue weighted by molar-refractivity contribution is 7.85. The molecule has 0 fully saturated rings. The monoisotopic (exact) mass is 699 g/mol. The maximum absolute atomic E-state index is 11.4. The number of anilines is 1. The van der Waals surface area contributed by atoms with Crippen LogP contribution in [0.25, 0.3) is 39.4 Å². The second-order valence-electron chi connectivity index (χ2n) is 11.7. The van der Waals surface area contributed by atoms with Crippen molar-refractivity contribution in [2.75, 3.05) is 23.0 Å². The van der Waals surface area contributed by atoms with Gasteiger partial charge >= 0.3 is 5.89 Å². The molecule has 0 saturated carbocycles. The molecule has 0 saturated heterocycles. The molecule has 1 aromatic heterocycles. The van der Waals surface area contributed by atoms with Crippen molar-refractivity contribution in [1.82, 2.24) is 0 Å². The molecule has 4 aromatic carbocycles. The van der Waals surface area contributed by atoms with E-state index in [4.69, 9.17) is 9.15 Å². The summed E-state index contributed by atoms with van der Waals surface area (Å²) >= 11 is 0. The van der Waals surface area contributed by atoms with Crippen molar-refractivity contribution in [2.45, 2.75) is 32.7 Å². The number of hydrogen-bond donors (Lipinski definition) is 0. The molecular formula is C37H35N2O8S2-. The SMILES string of the molecule is CCC(=Cc1oc2ccc(-c3ccccc3)cc2[n+]1CCCS(=O)(=O)[O-])C=C1Oc2ccc(-c3ccccc3)cc2N1CCCS(=O)(=O)[O-]. The summed E-state index contributed by atoms with van der Waals surface area (Å²) in [6, 6.07) is 31.3. The zero-order chi connectivity index (χ0) is 34.6. The average Bonchev–Trinajstić information content (AvgIpc) is 3.60. The van der Waals surface area contributed by atoms with Crippen LogP contribution in [0, 0.1) is 0 Å². The molecule has 2 heterocycles. The maximum atomic E-state index is 11.4. The molecule has 0 atom stereocenters. The quantitative estimate of drug-likeness (QED) is 0.0999. The standard InChI is InChI=1S/C37H36N2O8S2/c1-2-27(23-36-38(19-9-21-48(40,41)42)32-25-30(15-17-34(32)46-36)28-11-5-3-6-12-28)24-37-39(20-10-22-49(43,44)45)33-26-31(16-18-35(33)47-37)29-13-7-4-8-14-29/h3-8,11-18,23-26H,2,9-10,19-22H2,1H3,(H-,40,41,42,43,44,45)/p-1. The van der Waals surface area contributed by atoms with E-state index < -0.39 is 31.7 Å². The summed E-state index contributed by atoms with van der Waals surface area (Å²) in [6.45, 7) is 2.43. The molecule has 0 N–H and O–H groups in total. The molecule has 0 aliphatic carbocycles. The molecule has 1 aliphatic heterocycles. The molecule has 0 bridgehead atoms. The van der Waals surface area contributed by atoms with Gasteiger partial charge in [-0.25, -0.2) is 16.8 Å². The second kappa shape index (κ2) is 14.4. The summed E-state index contributed by atoms with van der Waals surface area (Å²) in [5.74, 6) is 0.497. The summed E-state index contributed by atoms with van der Waals surface area (Å²) in [5.41, 5.74) is 6.82. The fourth-order valence-electron chi connectivity index (χ4n) is 5.86. The summed E-state index contributed by atoms with van der Waals surface area (Å²) in [7, 11) is -8.81. The molecule has 10 nitrogen and oxygen atoms in total. The topological polar surface area (TPSA) is 144 Å². The summed E-state index contributed by atoms with van der Waals surface area (Å²) in [6.07, 6.45) is 4.46. The predicted molar refractivity (Wildman–Crippen MR) is 186 cm³/mol. The Bertz CT molecular complexity index is 2250. The highest BCUT2D eigenvalue weighted by Gasteiger charge is 2.28. The smallest absolute Gasteiger partial charge is 0.374 e. The van der Waals surface area contributed by atoms with Crippen LogP contribution in [0.1, 0.15) is 32.1 Å². The fraction of sp³-hybridized carbons (Fsp3) is 0.216. The number of rotatable bonds is 13. The number of aryl methyl sites for hydroxylation is 1. The lowest BCUT2D eigenvalue weighted by Gasteiger charge is -2.19. The van der Waals surface area contributed by atoms with Crippen molar-refractivity contribution in [3.63, 3.8) is 0 Å². The van der Waals surface area contributed by atoms with Crippen molar-refractivity contribution in [1.29, 1.82) is 0 Å². The Hall–Kier alpha value is -4.75. The number of allylic oxidation sites excluding steroid dienone is 2. The largest absolute Gasteiger partial charge is 0.748 e. The van der Waals surface area contributed by atoms with Crippen LogP contribution in [-0.4, -0.2) is 44.0 Å². The number of hydrogen-bond acceptors (Lipinski definition) is 9. The Labute approximate surface area is 286 Å². The Kier molecular flexibility index (Phi) is 10.0. The van der Waals surface area contributed by atoms with Gasteiger partial charge in [0.2, 0.25) is 11.5 Å². The first kappa shape index (κ1) is 34.1. The molecule has 1 aliphatic rings. The minimum absolute atomic E-state index is 0.0999. The van der Waals surface area contributed by atoms with E-state index in [2.05, 4.69) is 0 Å². The maximum Gasteiger partial charge on any atom is 0.374 e. The van der Waals surface area contributed by atoms with E-state index >= 15 is 0 Å². The number of nitrogens with zero attached hydrogens (tertiary/aromatic N) is 2. The minimum atomic E-state index is -4.41. The van der Waals surface area contributed by atoms with E-state index in [1.807, 2.05) is 126 Å². The first-order valence-corrected chi connectivity index (χ1v) is 19.1. The van der Waals surface area contributed by atoms with Gasteiger partial charge in [-0.1, -0.05) is 79.7 Å². The van der Waals surface area contributed by atoms with Crippen LogP contribution in [-0.2, 0) is 26.8 Å². The van der Waals surface area contributed by atoms with E-state index in [0.29, 0.717) is 29.5 Å². The number of aromatic nitrogens is 1. The van der Waals surface area contributed by atoms with Crippen LogP contribution < -0.4 is 14.2 Å². The van der Waals surface area contributed by atoms with E-state index in [1.54, 1.807) is 0 Å². The zero-order valence-electron chi connectivity index (χ0n) is 26.8. The summed E-state index contributed by atoms with van der Waals surface area (Å²) in [4.78, 5) is 1.87. The molecule has 12 heteroatoms. The van der Waals surface area contributed by atoms with Crippen molar-refractivity contribution < 1.29 is 39.7 Å². The van der Waals surface area contributed by atoms with Crippen molar-refractivity contribution in [3.05, 3.63) is 120 Å². The lowest BCUT2D eigenvalue weighted by atomic mass is 10.0. The molecule has 254 valence electrons. The molecule has 49 heavy (non-hydrogen) atoms. The van der Waals surface area contributed by atoms with E-state index in [0.717, 1.165) is 39.0 Å². The first-order valence-electron chi connectivity index (χ1n) is 15.9. The van der Waals surface area contributed by atoms with E-state index in [-0.39, 0.29) is 25.9 Å². The zero-order valence-corrected chi connectivity index (χ0v) is 28.5. The lowest BCUT2D eigenvalue weighted by molar-refractivity contribution is -0.677. The third-order valence-corrected chi connectivity index (χ3v) is 9.83. The number of fused-ring (bicyclic) bond motifs is 2. The van der Waals surface area contributed by atoms with Crippen LogP contribution >= 0.6 is 0 Å². The van der Waals surface area contributed by atoms with Crippen molar-refractivity contribution in [3.8, 4) is 28.0 Å². The summed E-state index contributed by atoms with van der Waals surface area (Å²) < 4.78 is 83.1. The van der Waals surface area contributed by atoms with Gasteiger partial charge in [0.1, 0.15) is 0 Å². The van der Waals surface area contributed by atoms with Crippen molar-refractivity contribution in [2.24, 2.45) is 0 Å². The molecule has 0 radical (unpaired) electrons. The number of benzene rings is 4. The second-order valence-corrected chi connectivity index (χ2v) is 14.8. The van der Waals surface area contributed by atoms with Gasteiger partial charge in [0.15, 0.2) is 12.3 Å². The third kappa shape index (κ3) is 8.46. The molecule has 0 spiro atoms. The highest BCUT2D eigenvalue weighted by Crippen LogP contribution is 2.42.